The number of amides is 1. The van der Waals surface area contributed by atoms with E-state index in [0.717, 1.165) is 12.0 Å². The molecule has 0 aromatic heterocycles. The van der Waals surface area contributed by atoms with Gasteiger partial charge in [-0.25, -0.2) is 0 Å². The zero-order valence-corrected chi connectivity index (χ0v) is 12.2. The Labute approximate surface area is 124 Å². The van der Waals surface area contributed by atoms with E-state index in [1.165, 1.54) is 5.56 Å². The maximum Gasteiger partial charge on any atom is 0.224 e. The van der Waals surface area contributed by atoms with E-state index < -0.39 is 0 Å². The number of carbonyl (C=O) groups is 1. The van der Waals surface area contributed by atoms with Crippen LogP contribution in [0.2, 0.25) is 5.02 Å². The minimum Gasteiger partial charge on any atom is -0.353 e. The van der Waals surface area contributed by atoms with Crippen LogP contribution in [0, 0.1) is 0 Å². The Morgan fingerprint density at radius 3 is 2.35 bits per heavy atom. The van der Waals surface area contributed by atoms with E-state index in [-0.39, 0.29) is 11.9 Å². The summed E-state index contributed by atoms with van der Waals surface area (Å²) in [7, 11) is 0. The number of benzene rings is 2. The van der Waals surface area contributed by atoms with Gasteiger partial charge in [0.05, 0.1) is 6.42 Å². The molecule has 3 heteroatoms. The topological polar surface area (TPSA) is 29.1 Å². The summed E-state index contributed by atoms with van der Waals surface area (Å²) in [6.45, 7) is 2.02. The number of hydrogen-bond donors (Lipinski definition) is 1. The third-order valence-corrected chi connectivity index (χ3v) is 3.32. The largest absolute Gasteiger partial charge is 0.353 e. The Morgan fingerprint density at radius 2 is 1.70 bits per heavy atom. The lowest BCUT2D eigenvalue weighted by Gasteiger charge is -2.14. The highest BCUT2D eigenvalue weighted by molar-refractivity contribution is 6.30. The van der Waals surface area contributed by atoms with E-state index in [1.807, 2.05) is 37.3 Å². The van der Waals surface area contributed by atoms with Gasteiger partial charge in [0, 0.05) is 11.1 Å². The summed E-state index contributed by atoms with van der Waals surface area (Å²) in [5.74, 6) is 0.0377. The summed E-state index contributed by atoms with van der Waals surface area (Å²) >= 11 is 5.82. The molecular formula is C17H18ClNO. The van der Waals surface area contributed by atoms with Crippen molar-refractivity contribution in [3.05, 3.63) is 70.7 Å². The smallest absolute Gasteiger partial charge is 0.224 e. The molecule has 1 N–H and O–H groups in total. The fourth-order valence-electron chi connectivity index (χ4n) is 2.13. The molecule has 104 valence electrons. The zero-order valence-electron chi connectivity index (χ0n) is 11.5. The van der Waals surface area contributed by atoms with Crippen molar-refractivity contribution in [1.82, 2.24) is 5.32 Å². The molecular weight excluding hydrogens is 270 g/mol. The second-order valence-electron chi connectivity index (χ2n) is 4.96. The third kappa shape index (κ3) is 4.71. The summed E-state index contributed by atoms with van der Waals surface area (Å²) in [5, 5.41) is 3.71. The maximum atomic E-state index is 12.0. The molecule has 0 heterocycles. The molecule has 2 rings (SSSR count). The standard InChI is InChI=1S/C17H18ClNO/c1-13(11-14-5-3-2-4-6-14)19-17(20)12-15-7-9-16(18)10-8-15/h2-10,13H,11-12H2,1H3,(H,19,20)/t13-/m0/s1. The van der Waals surface area contributed by atoms with Crippen LogP contribution in [0.4, 0.5) is 0 Å². The molecule has 0 saturated heterocycles. The van der Waals surface area contributed by atoms with Gasteiger partial charge in [-0.1, -0.05) is 54.1 Å². The summed E-state index contributed by atoms with van der Waals surface area (Å²) in [5.41, 5.74) is 2.20. The lowest BCUT2D eigenvalue weighted by molar-refractivity contribution is -0.121. The fourth-order valence-corrected chi connectivity index (χ4v) is 2.26. The van der Waals surface area contributed by atoms with Crippen molar-refractivity contribution >= 4 is 17.5 Å². The second-order valence-corrected chi connectivity index (χ2v) is 5.40. The van der Waals surface area contributed by atoms with Gasteiger partial charge in [-0.3, -0.25) is 4.79 Å². The van der Waals surface area contributed by atoms with Gasteiger partial charge in [0.2, 0.25) is 5.91 Å². The highest BCUT2D eigenvalue weighted by Gasteiger charge is 2.08. The van der Waals surface area contributed by atoms with Gasteiger partial charge in [0.15, 0.2) is 0 Å². The fraction of sp³-hybridized carbons (Fsp3) is 0.235. The molecule has 0 radical (unpaired) electrons. The predicted octanol–water partition coefficient (Wildman–Crippen LogP) is 3.63. The van der Waals surface area contributed by atoms with Crippen molar-refractivity contribution in [2.24, 2.45) is 0 Å². The molecule has 0 saturated carbocycles. The Balaban J connectivity index is 1.83. The monoisotopic (exact) mass is 287 g/mol. The van der Waals surface area contributed by atoms with Crippen molar-refractivity contribution in [1.29, 1.82) is 0 Å². The summed E-state index contributed by atoms with van der Waals surface area (Å²) < 4.78 is 0. The normalized spacial score (nSPS) is 11.9. The van der Waals surface area contributed by atoms with Crippen LogP contribution in [0.1, 0.15) is 18.1 Å². The van der Waals surface area contributed by atoms with Gasteiger partial charge in [0.25, 0.3) is 0 Å². The van der Waals surface area contributed by atoms with Gasteiger partial charge >= 0.3 is 0 Å². The summed E-state index contributed by atoms with van der Waals surface area (Å²) in [6, 6.07) is 17.6. The highest BCUT2D eigenvalue weighted by atomic mass is 35.5. The molecule has 0 aliphatic rings. The molecule has 0 aliphatic heterocycles. The average molecular weight is 288 g/mol. The number of carbonyl (C=O) groups excluding carboxylic acids is 1. The number of nitrogens with one attached hydrogen (secondary N) is 1. The number of hydrogen-bond acceptors (Lipinski definition) is 1. The molecule has 0 aliphatic carbocycles. The van der Waals surface area contributed by atoms with Crippen LogP contribution in [0.3, 0.4) is 0 Å². The van der Waals surface area contributed by atoms with Crippen molar-refractivity contribution in [2.45, 2.75) is 25.8 Å². The lowest BCUT2D eigenvalue weighted by atomic mass is 10.1. The lowest BCUT2D eigenvalue weighted by Crippen LogP contribution is -2.35. The molecule has 2 aromatic carbocycles. The van der Waals surface area contributed by atoms with Crippen LogP contribution in [-0.2, 0) is 17.6 Å². The minimum atomic E-state index is 0.0377. The Hall–Kier alpha value is -1.80. The number of halogens is 1. The molecule has 0 bridgehead atoms. The van der Waals surface area contributed by atoms with Gasteiger partial charge in [-0.05, 0) is 36.6 Å². The predicted molar refractivity (Wildman–Crippen MR) is 82.9 cm³/mol. The SMILES string of the molecule is C[C@@H](Cc1ccccc1)NC(=O)Cc1ccc(Cl)cc1. The van der Waals surface area contributed by atoms with Crippen molar-refractivity contribution in [3.8, 4) is 0 Å². The first-order valence-electron chi connectivity index (χ1n) is 6.71. The first kappa shape index (κ1) is 14.6. The van der Waals surface area contributed by atoms with Crippen LogP contribution in [0.15, 0.2) is 54.6 Å². The second kappa shape index (κ2) is 7.11. The van der Waals surface area contributed by atoms with Crippen molar-refractivity contribution in [3.63, 3.8) is 0 Å². The first-order valence-corrected chi connectivity index (χ1v) is 7.09. The van der Waals surface area contributed by atoms with Crippen molar-refractivity contribution in [2.75, 3.05) is 0 Å². The van der Waals surface area contributed by atoms with Crippen LogP contribution in [0.25, 0.3) is 0 Å². The molecule has 0 unspecified atom stereocenters. The van der Waals surface area contributed by atoms with Crippen LogP contribution < -0.4 is 5.32 Å². The van der Waals surface area contributed by atoms with Crippen molar-refractivity contribution < 1.29 is 4.79 Å². The maximum absolute atomic E-state index is 12.0. The summed E-state index contributed by atoms with van der Waals surface area (Å²) in [4.78, 5) is 12.0. The van der Waals surface area contributed by atoms with Gasteiger partial charge in [0.1, 0.15) is 0 Å². The van der Waals surface area contributed by atoms with E-state index in [4.69, 9.17) is 11.6 Å². The molecule has 2 aromatic rings. The van der Waals surface area contributed by atoms with E-state index in [1.54, 1.807) is 12.1 Å². The molecule has 2 nitrogen and oxygen atoms in total. The van der Waals surface area contributed by atoms with E-state index in [2.05, 4.69) is 17.4 Å². The van der Waals surface area contributed by atoms with E-state index in [9.17, 15) is 4.79 Å². The van der Waals surface area contributed by atoms with Gasteiger partial charge in [-0.2, -0.15) is 0 Å². The van der Waals surface area contributed by atoms with Gasteiger partial charge < -0.3 is 5.32 Å². The van der Waals surface area contributed by atoms with Crippen LogP contribution in [0.5, 0.6) is 0 Å². The highest BCUT2D eigenvalue weighted by Crippen LogP contribution is 2.10. The van der Waals surface area contributed by atoms with E-state index >= 15 is 0 Å². The van der Waals surface area contributed by atoms with Crippen LogP contribution in [-0.4, -0.2) is 11.9 Å². The Morgan fingerprint density at radius 1 is 1.05 bits per heavy atom. The first-order chi connectivity index (χ1) is 9.63. The van der Waals surface area contributed by atoms with Gasteiger partial charge in [-0.15, -0.1) is 0 Å². The van der Waals surface area contributed by atoms with Crippen LogP contribution >= 0.6 is 11.6 Å². The van der Waals surface area contributed by atoms with E-state index in [0.29, 0.717) is 11.4 Å². The average Bonchev–Trinajstić information content (AvgIpc) is 2.42. The molecule has 1 atom stereocenters. The quantitative estimate of drug-likeness (QED) is 0.894. The Bertz CT molecular complexity index is 551. The Kier molecular flexibility index (Phi) is 5.19. The summed E-state index contributed by atoms with van der Waals surface area (Å²) in [6.07, 6.45) is 1.23. The molecule has 1 amide bonds. The zero-order chi connectivity index (χ0) is 14.4. The molecule has 0 spiro atoms. The molecule has 0 fully saturated rings. The molecule has 20 heavy (non-hydrogen) atoms. The number of rotatable bonds is 5. The third-order valence-electron chi connectivity index (χ3n) is 3.07. The minimum absolute atomic E-state index is 0.0377.